The van der Waals surface area contributed by atoms with Gasteiger partial charge in [-0.15, -0.1) is 0 Å². The SMILES string of the molecule is CN1C(C)(C)CC(OCCC(=O)OCCC(=O)O)CC1(C)C. The van der Waals surface area contributed by atoms with E-state index in [0.29, 0.717) is 6.61 Å². The highest BCUT2D eigenvalue weighted by atomic mass is 16.5. The van der Waals surface area contributed by atoms with Crippen LogP contribution in [0.15, 0.2) is 0 Å². The average molecular weight is 315 g/mol. The van der Waals surface area contributed by atoms with Gasteiger partial charge < -0.3 is 14.6 Å². The highest BCUT2D eigenvalue weighted by molar-refractivity contribution is 5.70. The molecule has 0 aromatic rings. The molecule has 1 fully saturated rings. The summed E-state index contributed by atoms with van der Waals surface area (Å²) in [6.07, 6.45) is 1.95. The van der Waals surface area contributed by atoms with Gasteiger partial charge in [0, 0.05) is 11.1 Å². The summed E-state index contributed by atoms with van der Waals surface area (Å²) in [5.41, 5.74) is 0.100. The summed E-state index contributed by atoms with van der Waals surface area (Å²) in [7, 11) is 2.13. The summed E-state index contributed by atoms with van der Waals surface area (Å²) in [4.78, 5) is 24.2. The predicted molar refractivity (Wildman–Crippen MR) is 82.7 cm³/mol. The van der Waals surface area contributed by atoms with Crippen molar-refractivity contribution < 1.29 is 24.2 Å². The third-order valence-corrected chi connectivity index (χ3v) is 4.51. The Bertz CT molecular complexity index is 387. The number of carbonyl (C=O) groups excluding carboxylic acids is 1. The molecule has 0 aromatic carbocycles. The molecule has 0 saturated carbocycles. The van der Waals surface area contributed by atoms with Crippen molar-refractivity contribution in [3.8, 4) is 0 Å². The molecule has 1 aliphatic rings. The fourth-order valence-corrected chi connectivity index (χ4v) is 3.03. The molecule has 6 heteroatoms. The first-order chi connectivity index (χ1) is 10.0. The molecule has 0 amide bonds. The van der Waals surface area contributed by atoms with Crippen LogP contribution in [0.1, 0.15) is 53.4 Å². The van der Waals surface area contributed by atoms with E-state index in [1.807, 2.05) is 0 Å². The minimum Gasteiger partial charge on any atom is -0.481 e. The lowest BCUT2D eigenvalue weighted by atomic mass is 9.79. The van der Waals surface area contributed by atoms with Crippen molar-refractivity contribution in [3.63, 3.8) is 0 Å². The molecular weight excluding hydrogens is 286 g/mol. The minimum absolute atomic E-state index is 0.0500. The molecule has 0 unspecified atom stereocenters. The second-order valence-electron chi connectivity index (χ2n) is 7.20. The minimum atomic E-state index is -0.972. The Morgan fingerprint density at radius 2 is 1.64 bits per heavy atom. The number of hydrogen-bond donors (Lipinski definition) is 1. The molecule has 0 atom stereocenters. The van der Waals surface area contributed by atoms with Gasteiger partial charge in [-0.3, -0.25) is 14.5 Å². The number of hydrogen-bond acceptors (Lipinski definition) is 5. The Hall–Kier alpha value is -1.14. The molecule has 1 heterocycles. The molecule has 128 valence electrons. The van der Waals surface area contributed by atoms with Gasteiger partial charge in [-0.25, -0.2) is 0 Å². The van der Waals surface area contributed by atoms with E-state index in [9.17, 15) is 9.59 Å². The third kappa shape index (κ3) is 5.57. The van der Waals surface area contributed by atoms with Crippen LogP contribution in [0.25, 0.3) is 0 Å². The number of rotatable bonds is 7. The zero-order chi connectivity index (χ0) is 17.0. The van der Waals surface area contributed by atoms with E-state index in [1.54, 1.807) is 0 Å². The highest BCUT2D eigenvalue weighted by Crippen LogP contribution is 2.38. The maximum atomic E-state index is 11.5. The van der Waals surface area contributed by atoms with E-state index < -0.39 is 11.9 Å². The average Bonchev–Trinajstić information content (AvgIpc) is 2.34. The molecular formula is C16H29NO5. The molecule has 0 aromatic heterocycles. The Balaban J connectivity index is 2.33. The number of carbonyl (C=O) groups is 2. The molecule has 0 spiro atoms. The summed E-state index contributed by atoms with van der Waals surface area (Å²) >= 11 is 0. The second kappa shape index (κ2) is 7.42. The van der Waals surface area contributed by atoms with Gasteiger partial charge in [-0.1, -0.05) is 0 Å². The number of esters is 1. The van der Waals surface area contributed by atoms with Gasteiger partial charge in [0.15, 0.2) is 0 Å². The smallest absolute Gasteiger partial charge is 0.308 e. The van der Waals surface area contributed by atoms with Crippen molar-refractivity contribution in [3.05, 3.63) is 0 Å². The van der Waals surface area contributed by atoms with E-state index in [0.717, 1.165) is 12.8 Å². The number of nitrogens with zero attached hydrogens (tertiary/aromatic N) is 1. The van der Waals surface area contributed by atoms with Gasteiger partial charge >= 0.3 is 11.9 Å². The molecule has 22 heavy (non-hydrogen) atoms. The fourth-order valence-electron chi connectivity index (χ4n) is 3.03. The van der Waals surface area contributed by atoms with Gasteiger partial charge in [0.25, 0.3) is 0 Å². The van der Waals surface area contributed by atoms with E-state index in [-0.39, 0.29) is 36.6 Å². The van der Waals surface area contributed by atoms with Crippen LogP contribution in [0.5, 0.6) is 0 Å². The van der Waals surface area contributed by atoms with Gasteiger partial charge in [-0.2, -0.15) is 0 Å². The van der Waals surface area contributed by atoms with Crippen molar-refractivity contribution in [2.45, 2.75) is 70.6 Å². The number of carboxylic acid groups (broad SMARTS) is 1. The van der Waals surface area contributed by atoms with Crippen LogP contribution >= 0.6 is 0 Å². The molecule has 0 aliphatic carbocycles. The predicted octanol–water partition coefficient (Wildman–Crippen LogP) is 2.06. The topological polar surface area (TPSA) is 76.1 Å². The summed E-state index contributed by atoms with van der Waals surface area (Å²) < 4.78 is 10.7. The van der Waals surface area contributed by atoms with Crippen LogP contribution in [-0.2, 0) is 19.1 Å². The van der Waals surface area contributed by atoms with Crippen molar-refractivity contribution in [1.29, 1.82) is 0 Å². The zero-order valence-electron chi connectivity index (χ0n) is 14.3. The van der Waals surface area contributed by atoms with Gasteiger partial charge in [0.1, 0.15) is 6.61 Å². The molecule has 1 saturated heterocycles. The Morgan fingerprint density at radius 3 is 2.14 bits per heavy atom. The number of ether oxygens (including phenoxy) is 2. The summed E-state index contributed by atoms with van der Waals surface area (Å²) in [6, 6.07) is 0. The fraction of sp³-hybridized carbons (Fsp3) is 0.875. The van der Waals surface area contributed by atoms with E-state index in [2.05, 4.69) is 39.6 Å². The molecule has 1 rings (SSSR count). The van der Waals surface area contributed by atoms with Crippen LogP contribution in [0.3, 0.4) is 0 Å². The van der Waals surface area contributed by atoms with Crippen molar-refractivity contribution in [2.75, 3.05) is 20.3 Å². The number of aliphatic carboxylic acids is 1. The monoisotopic (exact) mass is 315 g/mol. The largest absolute Gasteiger partial charge is 0.481 e. The number of carboxylic acids is 1. The molecule has 0 radical (unpaired) electrons. The van der Waals surface area contributed by atoms with E-state index >= 15 is 0 Å². The van der Waals surface area contributed by atoms with Crippen LogP contribution in [0.2, 0.25) is 0 Å². The first kappa shape index (κ1) is 18.9. The highest BCUT2D eigenvalue weighted by Gasteiger charge is 2.43. The van der Waals surface area contributed by atoms with Gasteiger partial charge in [0.2, 0.25) is 0 Å². The Labute approximate surface area is 132 Å². The zero-order valence-corrected chi connectivity index (χ0v) is 14.3. The van der Waals surface area contributed by atoms with Gasteiger partial charge in [0.05, 0.1) is 25.6 Å². The molecule has 1 N–H and O–H groups in total. The van der Waals surface area contributed by atoms with Crippen LogP contribution in [0, 0.1) is 0 Å². The quantitative estimate of drug-likeness (QED) is 0.725. The Kier molecular flexibility index (Phi) is 6.38. The normalized spacial score (nSPS) is 21.5. The van der Waals surface area contributed by atoms with E-state index in [4.69, 9.17) is 14.6 Å². The lowest BCUT2D eigenvalue weighted by Crippen LogP contribution is -2.60. The number of likely N-dealkylation sites (tertiary alicyclic amines) is 1. The number of piperidine rings is 1. The van der Waals surface area contributed by atoms with Crippen molar-refractivity contribution >= 4 is 11.9 Å². The first-order valence-electron chi connectivity index (χ1n) is 7.77. The summed E-state index contributed by atoms with van der Waals surface area (Å²) in [5.74, 6) is -1.38. The third-order valence-electron chi connectivity index (χ3n) is 4.51. The maximum Gasteiger partial charge on any atom is 0.308 e. The molecule has 6 nitrogen and oxygen atoms in total. The van der Waals surface area contributed by atoms with Crippen molar-refractivity contribution in [1.82, 2.24) is 4.90 Å². The standard InChI is InChI=1S/C16H29NO5/c1-15(2)10-12(11-16(3,4)17(15)5)21-9-7-14(20)22-8-6-13(18)19/h12H,6-11H2,1-5H3,(H,18,19). The van der Waals surface area contributed by atoms with Gasteiger partial charge in [-0.05, 0) is 47.6 Å². The maximum absolute atomic E-state index is 11.5. The van der Waals surface area contributed by atoms with Crippen LogP contribution in [-0.4, -0.2) is 59.4 Å². The lowest BCUT2D eigenvalue weighted by Gasteiger charge is -2.53. The second-order valence-corrected chi connectivity index (χ2v) is 7.20. The lowest BCUT2D eigenvalue weighted by molar-refractivity contribution is -0.148. The summed E-state index contributed by atoms with van der Waals surface area (Å²) in [5, 5.41) is 8.47. The van der Waals surface area contributed by atoms with Crippen LogP contribution < -0.4 is 0 Å². The van der Waals surface area contributed by atoms with Crippen LogP contribution in [0.4, 0.5) is 0 Å². The Morgan fingerprint density at radius 1 is 1.09 bits per heavy atom. The van der Waals surface area contributed by atoms with E-state index in [1.165, 1.54) is 0 Å². The summed E-state index contributed by atoms with van der Waals surface area (Å²) in [6.45, 7) is 9.03. The molecule has 0 bridgehead atoms. The van der Waals surface area contributed by atoms with Crippen molar-refractivity contribution in [2.24, 2.45) is 0 Å². The molecule has 1 aliphatic heterocycles. The first-order valence-corrected chi connectivity index (χ1v) is 7.77.